The summed E-state index contributed by atoms with van der Waals surface area (Å²) >= 11 is 1.71. The van der Waals surface area contributed by atoms with Crippen molar-refractivity contribution in [2.24, 2.45) is 5.92 Å². The molecule has 0 saturated carbocycles. The van der Waals surface area contributed by atoms with Crippen molar-refractivity contribution in [3.8, 4) is 0 Å². The first kappa shape index (κ1) is 20.4. The Morgan fingerprint density at radius 2 is 2.00 bits per heavy atom. The number of nitrogens with one attached hydrogen (secondary N) is 1. The van der Waals surface area contributed by atoms with E-state index in [1.165, 1.54) is 34.2 Å². The number of thiophene rings is 1. The SMILES string of the molecule is CCC(NC(=O)C1CCN(c2nc(C)c3cc4c(cc3n2)CCC4)CC1)c1cccs1. The molecule has 3 heterocycles. The summed E-state index contributed by atoms with van der Waals surface area (Å²) in [7, 11) is 0. The van der Waals surface area contributed by atoms with E-state index < -0.39 is 0 Å². The standard InChI is InChI=1S/C25H30N4OS/c1-3-21(23-8-5-13-31-23)27-24(30)17-9-11-29(12-10-17)25-26-16(2)20-14-18-6-4-7-19(18)15-22(20)28-25/h5,8,13-15,17,21H,3-4,6-7,9-12H2,1-2H3,(H,27,30). The van der Waals surface area contributed by atoms with Gasteiger partial charge in [-0.15, -0.1) is 11.3 Å². The van der Waals surface area contributed by atoms with Crippen LogP contribution in [0.25, 0.3) is 10.9 Å². The minimum absolute atomic E-state index is 0.0649. The zero-order valence-electron chi connectivity index (χ0n) is 18.4. The van der Waals surface area contributed by atoms with E-state index in [0.29, 0.717) is 0 Å². The number of hydrogen-bond donors (Lipinski definition) is 1. The van der Waals surface area contributed by atoms with Crippen LogP contribution in [-0.2, 0) is 17.6 Å². The number of aromatic nitrogens is 2. The molecule has 5 nitrogen and oxygen atoms in total. The third-order valence-corrected chi connectivity index (χ3v) is 7.83. The maximum absolute atomic E-state index is 12.9. The number of anilines is 1. The molecule has 2 aromatic heterocycles. The van der Waals surface area contributed by atoms with Gasteiger partial charge in [-0.25, -0.2) is 9.97 Å². The first-order valence-corrected chi connectivity index (χ1v) is 12.4. The third-order valence-electron chi connectivity index (χ3n) is 6.85. The van der Waals surface area contributed by atoms with Crippen LogP contribution in [0.5, 0.6) is 0 Å². The first-order valence-electron chi connectivity index (χ1n) is 11.5. The minimum atomic E-state index is 0.0649. The molecule has 5 rings (SSSR count). The van der Waals surface area contributed by atoms with Crippen molar-refractivity contribution in [1.82, 2.24) is 15.3 Å². The summed E-state index contributed by atoms with van der Waals surface area (Å²) < 4.78 is 0. The molecular weight excluding hydrogens is 404 g/mol. The van der Waals surface area contributed by atoms with E-state index in [1.807, 2.05) is 6.07 Å². The van der Waals surface area contributed by atoms with Gasteiger partial charge in [0.25, 0.3) is 0 Å². The maximum Gasteiger partial charge on any atom is 0.226 e. The number of carbonyl (C=O) groups excluding carboxylic acids is 1. The summed E-state index contributed by atoms with van der Waals surface area (Å²) in [4.78, 5) is 26.1. The monoisotopic (exact) mass is 434 g/mol. The average molecular weight is 435 g/mol. The molecular formula is C25H30N4OS. The summed E-state index contributed by atoms with van der Waals surface area (Å²) in [5.41, 5.74) is 5.02. The first-order chi connectivity index (χ1) is 15.1. The van der Waals surface area contributed by atoms with Crippen LogP contribution in [0.2, 0.25) is 0 Å². The van der Waals surface area contributed by atoms with Crippen molar-refractivity contribution in [2.75, 3.05) is 18.0 Å². The third kappa shape index (κ3) is 4.05. The molecule has 1 unspecified atom stereocenters. The summed E-state index contributed by atoms with van der Waals surface area (Å²) in [6.45, 7) is 5.86. The van der Waals surface area contributed by atoms with Crippen LogP contribution in [-0.4, -0.2) is 29.0 Å². The van der Waals surface area contributed by atoms with Gasteiger partial charge in [-0.2, -0.15) is 0 Å². The van der Waals surface area contributed by atoms with Crippen LogP contribution in [0.15, 0.2) is 29.6 Å². The van der Waals surface area contributed by atoms with Gasteiger partial charge >= 0.3 is 0 Å². The van der Waals surface area contributed by atoms with Crippen molar-refractivity contribution >= 4 is 34.1 Å². The van der Waals surface area contributed by atoms with Crippen LogP contribution in [0.4, 0.5) is 5.95 Å². The molecule has 162 valence electrons. The van der Waals surface area contributed by atoms with Crippen LogP contribution >= 0.6 is 11.3 Å². The zero-order valence-corrected chi connectivity index (χ0v) is 19.2. The Kier molecular flexibility index (Phi) is 5.65. The van der Waals surface area contributed by atoms with Gasteiger partial charge < -0.3 is 10.2 Å². The molecule has 3 aromatic rings. The molecule has 1 saturated heterocycles. The molecule has 2 aliphatic rings. The van der Waals surface area contributed by atoms with Crippen molar-refractivity contribution in [3.05, 3.63) is 51.3 Å². The maximum atomic E-state index is 12.9. The predicted octanol–water partition coefficient (Wildman–Crippen LogP) is 4.97. The summed E-state index contributed by atoms with van der Waals surface area (Å²) in [5.74, 6) is 1.06. The van der Waals surface area contributed by atoms with Gasteiger partial charge in [0.1, 0.15) is 0 Å². The summed E-state index contributed by atoms with van der Waals surface area (Å²) in [6, 6.07) is 8.85. The van der Waals surface area contributed by atoms with E-state index >= 15 is 0 Å². The number of fused-ring (bicyclic) bond motifs is 2. The Hall–Kier alpha value is -2.47. The molecule has 1 amide bonds. The van der Waals surface area contributed by atoms with Gasteiger partial charge in [0.05, 0.1) is 17.3 Å². The quantitative estimate of drug-likeness (QED) is 0.616. The Morgan fingerprint density at radius 3 is 2.71 bits per heavy atom. The molecule has 1 N–H and O–H groups in total. The number of aryl methyl sites for hydroxylation is 3. The Balaban J connectivity index is 1.26. The number of benzene rings is 1. The van der Waals surface area contributed by atoms with Crippen molar-refractivity contribution in [3.63, 3.8) is 0 Å². The van der Waals surface area contributed by atoms with Crippen LogP contribution in [0.1, 0.15) is 60.3 Å². The summed E-state index contributed by atoms with van der Waals surface area (Å²) in [6.07, 6.45) is 6.18. The largest absolute Gasteiger partial charge is 0.348 e. The molecule has 1 atom stereocenters. The van der Waals surface area contributed by atoms with Gasteiger partial charge in [0.2, 0.25) is 11.9 Å². The van der Waals surface area contributed by atoms with Crippen LogP contribution in [0, 0.1) is 12.8 Å². The van der Waals surface area contributed by atoms with Gasteiger partial charge in [-0.3, -0.25) is 4.79 Å². The fourth-order valence-electron chi connectivity index (χ4n) is 4.97. The number of rotatable bonds is 5. The number of amides is 1. The number of nitrogens with zero attached hydrogens (tertiary/aromatic N) is 3. The van der Waals surface area contributed by atoms with E-state index in [9.17, 15) is 4.79 Å². The van der Waals surface area contributed by atoms with Gasteiger partial charge in [0, 0.05) is 29.3 Å². The topological polar surface area (TPSA) is 58.1 Å². The predicted molar refractivity (Wildman–Crippen MR) is 127 cm³/mol. The average Bonchev–Trinajstić information content (AvgIpc) is 3.48. The minimum Gasteiger partial charge on any atom is -0.348 e. The van der Waals surface area contributed by atoms with E-state index in [4.69, 9.17) is 9.97 Å². The van der Waals surface area contributed by atoms with E-state index in [0.717, 1.165) is 55.9 Å². The molecule has 6 heteroatoms. The number of hydrogen-bond acceptors (Lipinski definition) is 5. The van der Waals surface area contributed by atoms with E-state index in [-0.39, 0.29) is 17.9 Å². The molecule has 1 aliphatic carbocycles. The van der Waals surface area contributed by atoms with Gasteiger partial charge in [-0.05, 0) is 80.2 Å². The molecule has 1 aliphatic heterocycles. The fourth-order valence-corrected chi connectivity index (χ4v) is 5.83. The molecule has 1 aromatic carbocycles. The highest BCUT2D eigenvalue weighted by Crippen LogP contribution is 2.30. The lowest BCUT2D eigenvalue weighted by atomic mass is 9.95. The van der Waals surface area contributed by atoms with Crippen molar-refractivity contribution < 1.29 is 4.79 Å². The molecule has 0 radical (unpaired) electrons. The lowest BCUT2D eigenvalue weighted by molar-refractivity contribution is -0.126. The lowest BCUT2D eigenvalue weighted by Gasteiger charge is -2.32. The Morgan fingerprint density at radius 1 is 1.23 bits per heavy atom. The second kappa shape index (κ2) is 8.58. The van der Waals surface area contributed by atoms with Crippen molar-refractivity contribution in [1.29, 1.82) is 0 Å². The smallest absolute Gasteiger partial charge is 0.226 e. The second-order valence-corrected chi connectivity index (χ2v) is 9.83. The van der Waals surface area contributed by atoms with Gasteiger partial charge in [-0.1, -0.05) is 13.0 Å². The Bertz CT molecular complexity index is 1090. The number of carbonyl (C=O) groups is 1. The van der Waals surface area contributed by atoms with Gasteiger partial charge in [0.15, 0.2) is 0 Å². The fraction of sp³-hybridized carbons (Fsp3) is 0.480. The normalized spacial score (nSPS) is 17.7. The highest BCUT2D eigenvalue weighted by atomic mass is 32.1. The summed E-state index contributed by atoms with van der Waals surface area (Å²) in [5, 5.41) is 6.52. The van der Waals surface area contributed by atoms with Crippen molar-refractivity contribution in [2.45, 2.75) is 58.4 Å². The zero-order chi connectivity index (χ0) is 21.4. The molecule has 1 fully saturated rings. The number of piperidine rings is 1. The van der Waals surface area contributed by atoms with Crippen LogP contribution in [0.3, 0.4) is 0 Å². The highest BCUT2D eigenvalue weighted by molar-refractivity contribution is 7.10. The van der Waals surface area contributed by atoms with E-state index in [1.54, 1.807) is 11.3 Å². The molecule has 0 spiro atoms. The van der Waals surface area contributed by atoms with E-state index in [2.05, 4.69) is 47.6 Å². The Labute approximate surface area is 187 Å². The molecule has 31 heavy (non-hydrogen) atoms. The highest BCUT2D eigenvalue weighted by Gasteiger charge is 2.28. The second-order valence-electron chi connectivity index (χ2n) is 8.85. The molecule has 0 bridgehead atoms. The lowest BCUT2D eigenvalue weighted by Crippen LogP contribution is -2.42. The van der Waals surface area contributed by atoms with Crippen LogP contribution < -0.4 is 10.2 Å².